The second kappa shape index (κ2) is 5.09. The van der Waals surface area contributed by atoms with Gasteiger partial charge in [-0.15, -0.1) is 0 Å². The van der Waals surface area contributed by atoms with E-state index in [0.717, 1.165) is 21.5 Å². The van der Waals surface area contributed by atoms with E-state index in [1.807, 2.05) is 47.9 Å². The van der Waals surface area contributed by atoms with Crippen molar-refractivity contribution >= 4 is 33.2 Å². The number of amides is 1. The molecular weight excluding hydrogens is 318 g/mol. The Balaban J connectivity index is 1.86. The van der Waals surface area contributed by atoms with E-state index in [1.54, 1.807) is 12.3 Å². The van der Waals surface area contributed by atoms with Crippen LogP contribution in [0.3, 0.4) is 0 Å². The van der Waals surface area contributed by atoms with E-state index >= 15 is 0 Å². The monoisotopic (exact) mass is 329 g/mol. The van der Waals surface area contributed by atoms with Gasteiger partial charge in [0.2, 0.25) is 0 Å². The van der Waals surface area contributed by atoms with Gasteiger partial charge in [0.1, 0.15) is 5.65 Å². The zero-order valence-electron chi connectivity index (χ0n) is 10.8. The van der Waals surface area contributed by atoms with Crippen molar-refractivity contribution in [3.8, 4) is 0 Å². The lowest BCUT2D eigenvalue weighted by molar-refractivity contribution is 0.102. The summed E-state index contributed by atoms with van der Waals surface area (Å²) in [6, 6.07) is 11.1. The summed E-state index contributed by atoms with van der Waals surface area (Å²) in [6.45, 7) is 1.93. The van der Waals surface area contributed by atoms with Crippen LogP contribution < -0.4 is 5.32 Å². The van der Waals surface area contributed by atoms with Crippen LogP contribution in [0.5, 0.6) is 0 Å². The van der Waals surface area contributed by atoms with Crippen LogP contribution >= 0.6 is 15.9 Å². The highest BCUT2D eigenvalue weighted by Crippen LogP contribution is 2.15. The molecule has 0 unspecified atom stereocenters. The van der Waals surface area contributed by atoms with E-state index in [-0.39, 0.29) is 5.91 Å². The van der Waals surface area contributed by atoms with Gasteiger partial charge in [-0.25, -0.2) is 4.98 Å². The molecule has 0 saturated heterocycles. The second-order valence-corrected chi connectivity index (χ2v) is 5.44. The highest BCUT2D eigenvalue weighted by Gasteiger charge is 2.08. The lowest BCUT2D eigenvalue weighted by Crippen LogP contribution is -2.12. The second-order valence-electron chi connectivity index (χ2n) is 4.53. The molecule has 1 aromatic carbocycles. The number of imidazole rings is 1. The summed E-state index contributed by atoms with van der Waals surface area (Å²) < 4.78 is 2.83. The number of fused-ring (bicyclic) bond motifs is 1. The normalized spacial score (nSPS) is 10.7. The molecule has 20 heavy (non-hydrogen) atoms. The maximum absolute atomic E-state index is 12.2. The number of pyridine rings is 1. The first-order valence-electron chi connectivity index (χ1n) is 6.14. The van der Waals surface area contributed by atoms with Crippen LogP contribution in [0.25, 0.3) is 5.65 Å². The number of carbonyl (C=O) groups excluding carboxylic acids is 1. The highest BCUT2D eigenvalue weighted by molar-refractivity contribution is 9.10. The number of anilines is 1. The number of halogens is 1. The van der Waals surface area contributed by atoms with Crippen LogP contribution in [0.15, 0.2) is 53.3 Å². The number of carbonyl (C=O) groups is 1. The van der Waals surface area contributed by atoms with Crippen molar-refractivity contribution in [2.24, 2.45) is 0 Å². The molecule has 0 radical (unpaired) electrons. The van der Waals surface area contributed by atoms with Gasteiger partial charge in [0, 0.05) is 22.6 Å². The van der Waals surface area contributed by atoms with Gasteiger partial charge in [-0.3, -0.25) is 4.79 Å². The highest BCUT2D eigenvalue weighted by atomic mass is 79.9. The number of rotatable bonds is 2. The number of aryl methyl sites for hydroxylation is 1. The molecule has 4 nitrogen and oxygen atoms in total. The van der Waals surface area contributed by atoms with Gasteiger partial charge in [0.05, 0.1) is 11.3 Å². The predicted molar refractivity (Wildman–Crippen MR) is 82.0 cm³/mol. The van der Waals surface area contributed by atoms with Gasteiger partial charge >= 0.3 is 0 Å². The third-order valence-electron chi connectivity index (χ3n) is 2.94. The number of hydrogen-bond acceptors (Lipinski definition) is 2. The molecule has 2 heterocycles. The molecule has 3 aromatic rings. The number of nitrogens with zero attached hydrogens (tertiary/aromatic N) is 2. The van der Waals surface area contributed by atoms with Gasteiger partial charge in [0.15, 0.2) is 0 Å². The van der Waals surface area contributed by atoms with Crippen LogP contribution in [0.4, 0.5) is 5.69 Å². The van der Waals surface area contributed by atoms with Crippen molar-refractivity contribution in [1.29, 1.82) is 0 Å². The summed E-state index contributed by atoms with van der Waals surface area (Å²) in [5.74, 6) is -0.138. The SMILES string of the molecule is Cc1cn2cc(C(=O)Nc3ccc(Br)cc3)ccc2n1. The quantitative estimate of drug-likeness (QED) is 0.779. The fourth-order valence-corrected chi connectivity index (χ4v) is 2.25. The molecule has 0 aliphatic rings. The van der Waals surface area contributed by atoms with Crippen molar-refractivity contribution < 1.29 is 4.79 Å². The number of benzene rings is 1. The fourth-order valence-electron chi connectivity index (χ4n) is 1.99. The van der Waals surface area contributed by atoms with Crippen LogP contribution in [0.2, 0.25) is 0 Å². The zero-order valence-corrected chi connectivity index (χ0v) is 12.4. The van der Waals surface area contributed by atoms with Crippen molar-refractivity contribution in [2.45, 2.75) is 6.92 Å². The zero-order chi connectivity index (χ0) is 14.1. The Kier molecular flexibility index (Phi) is 3.28. The summed E-state index contributed by atoms with van der Waals surface area (Å²) in [4.78, 5) is 16.5. The van der Waals surface area contributed by atoms with Crippen LogP contribution in [0.1, 0.15) is 16.1 Å². The molecule has 100 valence electrons. The maximum Gasteiger partial charge on any atom is 0.257 e. The van der Waals surface area contributed by atoms with E-state index in [0.29, 0.717) is 5.56 Å². The van der Waals surface area contributed by atoms with Gasteiger partial charge < -0.3 is 9.72 Å². The molecule has 0 bridgehead atoms. The topological polar surface area (TPSA) is 46.4 Å². The summed E-state index contributed by atoms with van der Waals surface area (Å²) in [7, 11) is 0. The molecule has 0 fully saturated rings. The number of aromatic nitrogens is 2. The molecule has 0 aliphatic heterocycles. The molecule has 3 rings (SSSR count). The Morgan fingerprint density at radius 3 is 2.65 bits per heavy atom. The average molecular weight is 330 g/mol. The van der Waals surface area contributed by atoms with E-state index < -0.39 is 0 Å². The first-order valence-corrected chi connectivity index (χ1v) is 6.93. The summed E-state index contributed by atoms with van der Waals surface area (Å²) in [6.07, 6.45) is 3.68. The lowest BCUT2D eigenvalue weighted by Gasteiger charge is -2.05. The summed E-state index contributed by atoms with van der Waals surface area (Å²) in [5, 5.41) is 2.86. The van der Waals surface area contributed by atoms with E-state index in [1.165, 1.54) is 0 Å². The van der Waals surface area contributed by atoms with Crippen molar-refractivity contribution in [1.82, 2.24) is 9.38 Å². The minimum absolute atomic E-state index is 0.138. The fraction of sp³-hybridized carbons (Fsp3) is 0.0667. The van der Waals surface area contributed by atoms with Gasteiger partial charge in [-0.2, -0.15) is 0 Å². The molecule has 0 saturated carbocycles. The Hall–Kier alpha value is -2.14. The lowest BCUT2D eigenvalue weighted by atomic mass is 10.2. The smallest absolute Gasteiger partial charge is 0.257 e. The van der Waals surface area contributed by atoms with Crippen LogP contribution in [0, 0.1) is 6.92 Å². The standard InChI is InChI=1S/C15H12BrN3O/c1-10-8-19-9-11(2-7-14(19)17-10)15(20)18-13-5-3-12(16)4-6-13/h2-9H,1H3,(H,18,20). The molecular formula is C15H12BrN3O. The molecule has 0 aliphatic carbocycles. The van der Waals surface area contributed by atoms with Crippen LogP contribution in [-0.4, -0.2) is 15.3 Å². The minimum Gasteiger partial charge on any atom is -0.322 e. The Morgan fingerprint density at radius 1 is 1.15 bits per heavy atom. The van der Waals surface area contributed by atoms with Gasteiger partial charge in [-0.05, 0) is 43.3 Å². The van der Waals surface area contributed by atoms with Crippen molar-refractivity contribution in [3.05, 3.63) is 64.5 Å². The Morgan fingerprint density at radius 2 is 1.90 bits per heavy atom. The molecule has 1 N–H and O–H groups in total. The maximum atomic E-state index is 12.2. The molecule has 2 aromatic heterocycles. The van der Waals surface area contributed by atoms with Crippen LogP contribution in [-0.2, 0) is 0 Å². The largest absolute Gasteiger partial charge is 0.322 e. The third-order valence-corrected chi connectivity index (χ3v) is 3.46. The summed E-state index contributed by atoms with van der Waals surface area (Å²) >= 11 is 3.36. The predicted octanol–water partition coefficient (Wildman–Crippen LogP) is 3.66. The molecule has 0 spiro atoms. The molecule has 0 atom stereocenters. The number of nitrogens with one attached hydrogen (secondary N) is 1. The number of hydrogen-bond donors (Lipinski definition) is 1. The first-order chi connectivity index (χ1) is 9.61. The Bertz CT molecular complexity index is 777. The third kappa shape index (κ3) is 2.58. The van der Waals surface area contributed by atoms with Gasteiger partial charge in [0.25, 0.3) is 5.91 Å². The van der Waals surface area contributed by atoms with E-state index in [4.69, 9.17) is 0 Å². The summed E-state index contributed by atoms with van der Waals surface area (Å²) in [5.41, 5.74) is 3.12. The minimum atomic E-state index is -0.138. The van der Waals surface area contributed by atoms with Crippen molar-refractivity contribution in [3.63, 3.8) is 0 Å². The molecule has 5 heteroatoms. The van der Waals surface area contributed by atoms with E-state index in [2.05, 4.69) is 26.2 Å². The van der Waals surface area contributed by atoms with Gasteiger partial charge in [-0.1, -0.05) is 15.9 Å². The van der Waals surface area contributed by atoms with Crippen molar-refractivity contribution in [2.75, 3.05) is 5.32 Å². The first kappa shape index (κ1) is 12.9. The Labute approximate surface area is 124 Å². The molecule has 1 amide bonds. The average Bonchev–Trinajstić information content (AvgIpc) is 2.80. The van der Waals surface area contributed by atoms with E-state index in [9.17, 15) is 4.79 Å².